The van der Waals surface area contributed by atoms with Crippen molar-refractivity contribution < 1.29 is 33.9 Å². The van der Waals surface area contributed by atoms with E-state index in [9.17, 15) is 28.8 Å². The molecule has 1 aromatic rings. The van der Waals surface area contributed by atoms with Gasteiger partial charge in [-0.3, -0.25) is 28.9 Å². The Kier molecular flexibility index (Phi) is 13.9. The standard InChI is InChI=1S/C37H57N5O7/c1-22(2)27(20-30(43)31(23(3)4)39(7)8)34(45)40(9)32(24(5)6)36(47)42-19-11-13-29(42)35(46)41-18-10-12-28(41)33(44)38-21-25-14-16-26(17-15-25)37(48)49/h14-17,22-24,27-29,31-32H,10-13,18-21H2,1-9H3,(H,38,44)(H,48,49). The topological polar surface area (TPSA) is 148 Å². The van der Waals surface area contributed by atoms with Crippen LogP contribution >= 0.6 is 0 Å². The lowest BCUT2D eigenvalue weighted by molar-refractivity contribution is -0.154. The van der Waals surface area contributed by atoms with Gasteiger partial charge in [0.1, 0.15) is 18.1 Å². The number of carboxylic acid groups (broad SMARTS) is 1. The van der Waals surface area contributed by atoms with Gasteiger partial charge in [-0.25, -0.2) is 4.79 Å². The van der Waals surface area contributed by atoms with Crippen LogP contribution in [0.25, 0.3) is 0 Å². The minimum Gasteiger partial charge on any atom is -0.478 e. The Labute approximate surface area is 291 Å². The van der Waals surface area contributed by atoms with Gasteiger partial charge in [0.15, 0.2) is 5.78 Å². The van der Waals surface area contributed by atoms with E-state index >= 15 is 0 Å². The number of carbonyl (C=O) groups is 6. The first-order valence-corrected chi connectivity index (χ1v) is 17.6. The zero-order valence-corrected chi connectivity index (χ0v) is 30.8. The number of nitrogens with zero attached hydrogens (tertiary/aromatic N) is 4. The largest absolute Gasteiger partial charge is 0.478 e. The number of hydrogen-bond acceptors (Lipinski definition) is 7. The molecule has 3 rings (SSSR count). The fraction of sp³-hybridized carbons (Fsp3) is 0.676. The summed E-state index contributed by atoms with van der Waals surface area (Å²) in [7, 11) is 5.35. The number of amides is 4. The predicted octanol–water partition coefficient (Wildman–Crippen LogP) is 3.28. The number of aromatic carboxylic acids is 1. The van der Waals surface area contributed by atoms with Crippen LogP contribution < -0.4 is 5.32 Å². The molecule has 2 fully saturated rings. The summed E-state index contributed by atoms with van der Waals surface area (Å²) in [5, 5.41) is 12.0. The lowest BCUT2D eigenvalue weighted by atomic mass is 9.84. The number of likely N-dealkylation sites (N-methyl/N-ethyl adjacent to an activating group) is 2. The van der Waals surface area contributed by atoms with Crippen LogP contribution in [0.1, 0.15) is 89.6 Å². The van der Waals surface area contributed by atoms with Crippen LogP contribution in [-0.2, 0) is 30.5 Å². The van der Waals surface area contributed by atoms with Crippen molar-refractivity contribution in [3.8, 4) is 0 Å². The summed E-state index contributed by atoms with van der Waals surface area (Å²) >= 11 is 0. The number of nitrogens with one attached hydrogen (secondary N) is 1. The minimum atomic E-state index is -1.03. The van der Waals surface area contributed by atoms with E-state index in [1.807, 2.05) is 60.5 Å². The minimum absolute atomic E-state index is 0.00151. The second kappa shape index (κ2) is 17.2. The van der Waals surface area contributed by atoms with Crippen molar-refractivity contribution in [2.75, 3.05) is 34.2 Å². The molecule has 12 nitrogen and oxygen atoms in total. The maximum atomic E-state index is 14.3. The molecule has 0 radical (unpaired) electrons. The number of likely N-dealkylation sites (tertiary alicyclic amines) is 2. The Morgan fingerprint density at radius 3 is 1.86 bits per heavy atom. The number of hydrogen-bond donors (Lipinski definition) is 2. The first-order valence-electron chi connectivity index (χ1n) is 17.6. The van der Waals surface area contributed by atoms with Gasteiger partial charge in [-0.15, -0.1) is 0 Å². The predicted molar refractivity (Wildman–Crippen MR) is 186 cm³/mol. The Balaban J connectivity index is 1.73. The highest BCUT2D eigenvalue weighted by Crippen LogP contribution is 2.29. The Morgan fingerprint density at radius 1 is 0.796 bits per heavy atom. The van der Waals surface area contributed by atoms with Gasteiger partial charge in [0.2, 0.25) is 23.6 Å². The van der Waals surface area contributed by atoms with Crippen molar-refractivity contribution in [1.29, 1.82) is 0 Å². The number of rotatable bonds is 15. The van der Waals surface area contributed by atoms with Crippen LogP contribution in [0.5, 0.6) is 0 Å². The normalized spacial score (nSPS) is 19.8. The molecule has 0 aliphatic carbocycles. The quantitative estimate of drug-likeness (QED) is 0.286. The highest BCUT2D eigenvalue weighted by atomic mass is 16.4. The van der Waals surface area contributed by atoms with E-state index in [1.54, 1.807) is 29.0 Å². The fourth-order valence-corrected chi connectivity index (χ4v) is 7.52. The smallest absolute Gasteiger partial charge is 0.335 e. The van der Waals surface area contributed by atoms with Gasteiger partial charge in [-0.1, -0.05) is 53.7 Å². The highest BCUT2D eigenvalue weighted by Gasteiger charge is 2.45. The maximum absolute atomic E-state index is 14.3. The van der Waals surface area contributed by atoms with E-state index in [-0.39, 0.29) is 71.7 Å². The van der Waals surface area contributed by atoms with Crippen molar-refractivity contribution >= 4 is 35.4 Å². The van der Waals surface area contributed by atoms with Gasteiger partial charge in [0.25, 0.3) is 0 Å². The van der Waals surface area contributed by atoms with Crippen LogP contribution in [0.4, 0.5) is 0 Å². The molecular weight excluding hydrogens is 626 g/mol. The van der Waals surface area contributed by atoms with Crippen molar-refractivity contribution in [2.24, 2.45) is 23.7 Å². The van der Waals surface area contributed by atoms with E-state index in [2.05, 4.69) is 5.32 Å². The summed E-state index contributed by atoms with van der Waals surface area (Å²) in [6.07, 6.45) is 2.34. The van der Waals surface area contributed by atoms with E-state index < -0.39 is 30.0 Å². The zero-order chi connectivity index (χ0) is 36.7. The Morgan fingerprint density at radius 2 is 1.35 bits per heavy atom. The first kappa shape index (κ1) is 39.6. The average Bonchev–Trinajstić information content (AvgIpc) is 3.72. The number of ketones is 1. The first-order chi connectivity index (χ1) is 23.0. The molecule has 2 aliphatic heterocycles. The molecule has 0 spiro atoms. The molecule has 4 amide bonds. The molecule has 49 heavy (non-hydrogen) atoms. The Hall–Kier alpha value is -3.80. The monoisotopic (exact) mass is 683 g/mol. The molecule has 0 bridgehead atoms. The number of carbonyl (C=O) groups excluding carboxylic acids is 5. The number of Topliss-reactive ketones (excluding diaryl/α,β-unsaturated/α-hetero) is 1. The Bertz CT molecular complexity index is 1350. The van der Waals surface area contributed by atoms with E-state index in [0.717, 1.165) is 5.56 Å². The molecule has 5 unspecified atom stereocenters. The molecule has 1 aromatic carbocycles. The SMILES string of the molecule is CC(C)C(CC(=O)C(C(C)C)N(C)C)C(=O)N(C)C(C(=O)N1CCCC1C(=O)N1CCCC1C(=O)NCc1ccc(C(=O)O)cc1)C(C)C. The molecule has 2 heterocycles. The number of carboxylic acids is 1. The summed E-state index contributed by atoms with van der Waals surface area (Å²) in [5.74, 6) is -3.03. The third-order valence-electron chi connectivity index (χ3n) is 10.0. The van der Waals surface area contributed by atoms with Crippen LogP contribution in [-0.4, -0.2) is 118 Å². The summed E-state index contributed by atoms with van der Waals surface area (Å²) in [6.45, 7) is 12.6. The average molecular weight is 684 g/mol. The second-order valence-corrected chi connectivity index (χ2v) is 14.9. The van der Waals surface area contributed by atoms with E-state index in [0.29, 0.717) is 38.8 Å². The van der Waals surface area contributed by atoms with Gasteiger partial charge in [-0.05, 0) is 75.2 Å². The molecule has 0 saturated carbocycles. The third kappa shape index (κ3) is 9.46. The molecule has 2 N–H and O–H groups in total. The van der Waals surface area contributed by atoms with Crippen LogP contribution in [0.3, 0.4) is 0 Å². The van der Waals surface area contributed by atoms with Crippen LogP contribution in [0.2, 0.25) is 0 Å². The number of benzene rings is 1. The molecule has 12 heteroatoms. The maximum Gasteiger partial charge on any atom is 0.335 e. The summed E-state index contributed by atoms with van der Waals surface area (Å²) in [6, 6.07) is 3.70. The highest BCUT2D eigenvalue weighted by molar-refractivity contribution is 5.96. The van der Waals surface area contributed by atoms with Crippen LogP contribution in [0.15, 0.2) is 24.3 Å². The molecular formula is C37H57N5O7. The van der Waals surface area contributed by atoms with Crippen LogP contribution in [0, 0.1) is 23.7 Å². The van der Waals surface area contributed by atoms with Gasteiger partial charge in [-0.2, -0.15) is 0 Å². The lowest BCUT2D eigenvalue weighted by Gasteiger charge is -2.38. The molecule has 272 valence electrons. The summed E-state index contributed by atoms with van der Waals surface area (Å²) in [4.78, 5) is 86.7. The zero-order valence-electron chi connectivity index (χ0n) is 30.8. The van der Waals surface area contributed by atoms with Gasteiger partial charge < -0.3 is 25.1 Å². The van der Waals surface area contributed by atoms with Crippen molar-refractivity contribution in [3.05, 3.63) is 35.4 Å². The summed E-state index contributed by atoms with van der Waals surface area (Å²) < 4.78 is 0. The third-order valence-corrected chi connectivity index (χ3v) is 10.0. The molecule has 2 saturated heterocycles. The van der Waals surface area contributed by atoms with Gasteiger partial charge in [0, 0.05) is 39.0 Å². The van der Waals surface area contributed by atoms with Gasteiger partial charge in [0.05, 0.1) is 11.6 Å². The van der Waals surface area contributed by atoms with Crippen molar-refractivity contribution in [3.63, 3.8) is 0 Å². The lowest BCUT2D eigenvalue weighted by Crippen LogP contribution is -2.58. The molecule has 0 aromatic heterocycles. The van der Waals surface area contributed by atoms with E-state index in [4.69, 9.17) is 5.11 Å². The fourth-order valence-electron chi connectivity index (χ4n) is 7.52. The van der Waals surface area contributed by atoms with Gasteiger partial charge >= 0.3 is 5.97 Å². The van der Waals surface area contributed by atoms with E-state index in [1.165, 1.54) is 17.0 Å². The molecule has 5 atom stereocenters. The summed E-state index contributed by atoms with van der Waals surface area (Å²) in [5.41, 5.74) is 0.893. The second-order valence-electron chi connectivity index (χ2n) is 14.9. The van der Waals surface area contributed by atoms with Crippen molar-refractivity contribution in [2.45, 2.75) is 104 Å². The molecule has 2 aliphatic rings. The van der Waals surface area contributed by atoms with Crippen molar-refractivity contribution in [1.82, 2.24) is 24.9 Å².